The van der Waals surface area contributed by atoms with Crippen molar-refractivity contribution in [3.63, 3.8) is 0 Å². The second-order valence-electron chi connectivity index (χ2n) is 10.1. The van der Waals surface area contributed by atoms with E-state index in [1.54, 1.807) is 0 Å². The number of rotatable bonds is 9. The Bertz CT molecular complexity index is 1140. The summed E-state index contributed by atoms with van der Waals surface area (Å²) in [7, 11) is 2.13. The maximum absolute atomic E-state index is 14.3. The van der Waals surface area contributed by atoms with Crippen LogP contribution in [0.15, 0.2) is 24.4 Å². The number of hydrogen-bond donors (Lipinski definition) is 3. The van der Waals surface area contributed by atoms with Crippen molar-refractivity contribution < 1.29 is 13.9 Å². The standard InChI is InChI=1S/C25H33ClFN7O2S/c1-33-4-6-34(7-5-33)18-3-2-15(28)12-19(18)36-8-9-37-20-11-14-10-16(20)22(21(14)23(29)35)31-24-17(27)13-30-25(26)32-24/h2-3,12-14,16,20-22H,4-11,28H2,1H3,(H2,29,35)(H,30,31,32)/t14-,16-,20-,21+,22-/m1/s1. The number of aromatic nitrogens is 2. The molecule has 0 spiro atoms. The van der Waals surface area contributed by atoms with Gasteiger partial charge in [0.2, 0.25) is 11.2 Å². The number of primary amides is 1. The highest BCUT2D eigenvalue weighted by atomic mass is 35.5. The molecule has 0 radical (unpaired) electrons. The lowest BCUT2D eigenvalue weighted by Gasteiger charge is -2.35. The van der Waals surface area contributed by atoms with E-state index < -0.39 is 5.82 Å². The van der Waals surface area contributed by atoms with Crippen molar-refractivity contribution in [1.82, 2.24) is 14.9 Å². The zero-order chi connectivity index (χ0) is 26.1. The molecule has 12 heteroatoms. The summed E-state index contributed by atoms with van der Waals surface area (Å²) in [6, 6.07) is 5.56. The van der Waals surface area contributed by atoms with Crippen LogP contribution < -0.4 is 26.4 Å². The summed E-state index contributed by atoms with van der Waals surface area (Å²) in [5, 5.41) is 3.39. The minimum Gasteiger partial charge on any atom is -0.490 e. The molecular formula is C25H33ClFN7O2S. The Morgan fingerprint density at radius 1 is 1.30 bits per heavy atom. The van der Waals surface area contributed by atoms with Gasteiger partial charge < -0.3 is 31.3 Å². The second-order valence-corrected chi connectivity index (χ2v) is 11.8. The van der Waals surface area contributed by atoms with E-state index in [4.69, 9.17) is 27.8 Å². The number of anilines is 3. The van der Waals surface area contributed by atoms with Crippen LogP contribution in [0.3, 0.4) is 0 Å². The van der Waals surface area contributed by atoms with Gasteiger partial charge in [0, 0.05) is 55.0 Å². The Morgan fingerprint density at radius 3 is 2.84 bits per heavy atom. The minimum atomic E-state index is -0.605. The van der Waals surface area contributed by atoms with Crippen molar-refractivity contribution in [2.75, 3.05) is 61.5 Å². The van der Waals surface area contributed by atoms with Crippen LogP contribution in [0.4, 0.5) is 21.6 Å². The van der Waals surface area contributed by atoms with Crippen molar-refractivity contribution >= 4 is 46.5 Å². The van der Waals surface area contributed by atoms with Crippen molar-refractivity contribution in [2.24, 2.45) is 23.5 Å². The Morgan fingerprint density at radius 2 is 2.08 bits per heavy atom. The van der Waals surface area contributed by atoms with Crippen molar-refractivity contribution in [2.45, 2.75) is 24.1 Å². The summed E-state index contributed by atoms with van der Waals surface area (Å²) < 4.78 is 20.5. The quantitative estimate of drug-likeness (QED) is 0.246. The predicted molar refractivity (Wildman–Crippen MR) is 146 cm³/mol. The van der Waals surface area contributed by atoms with E-state index in [0.717, 1.165) is 62.4 Å². The van der Waals surface area contributed by atoms with Crippen molar-refractivity contribution in [3.05, 3.63) is 35.5 Å². The number of ether oxygens (including phenoxy) is 1. The van der Waals surface area contributed by atoms with Crippen LogP contribution in [0.2, 0.25) is 5.28 Å². The lowest BCUT2D eigenvalue weighted by molar-refractivity contribution is -0.123. The average molecular weight is 550 g/mol. The highest BCUT2D eigenvalue weighted by Crippen LogP contribution is 2.53. The number of likely N-dealkylation sites (N-methyl/N-ethyl adjacent to an activating group) is 1. The van der Waals surface area contributed by atoms with Crippen LogP contribution in [-0.4, -0.2) is 77.7 Å². The van der Waals surface area contributed by atoms with Crippen LogP contribution >= 0.6 is 23.4 Å². The van der Waals surface area contributed by atoms with Crippen molar-refractivity contribution in [1.29, 1.82) is 0 Å². The zero-order valence-corrected chi connectivity index (χ0v) is 22.3. The molecule has 2 bridgehead atoms. The largest absolute Gasteiger partial charge is 0.490 e. The summed E-state index contributed by atoms with van der Waals surface area (Å²) in [5.74, 6) is 0.584. The number of carbonyl (C=O) groups is 1. The Hall–Kier alpha value is -2.50. The third kappa shape index (κ3) is 5.68. The fourth-order valence-electron chi connectivity index (χ4n) is 6.01. The molecule has 9 nitrogen and oxygen atoms in total. The van der Waals surface area contributed by atoms with Gasteiger partial charge in [0.05, 0.1) is 24.4 Å². The third-order valence-electron chi connectivity index (χ3n) is 7.79. The number of amides is 1. The number of fused-ring (bicyclic) bond motifs is 2. The zero-order valence-electron chi connectivity index (χ0n) is 20.8. The predicted octanol–water partition coefficient (Wildman–Crippen LogP) is 2.71. The number of thioether (sulfide) groups is 1. The van der Waals surface area contributed by atoms with E-state index >= 15 is 0 Å². The average Bonchev–Trinajstić information content (AvgIpc) is 3.43. The van der Waals surface area contributed by atoms with E-state index in [0.29, 0.717) is 17.5 Å². The number of benzene rings is 1. The smallest absolute Gasteiger partial charge is 0.224 e. The maximum atomic E-state index is 14.3. The van der Waals surface area contributed by atoms with Gasteiger partial charge in [-0.25, -0.2) is 9.37 Å². The first kappa shape index (κ1) is 26.1. The van der Waals surface area contributed by atoms with Gasteiger partial charge in [-0.1, -0.05) is 0 Å². The van der Waals surface area contributed by atoms with Gasteiger partial charge in [-0.05, 0) is 55.5 Å². The van der Waals surface area contributed by atoms with E-state index in [2.05, 4.69) is 32.1 Å². The third-order valence-corrected chi connectivity index (χ3v) is 9.35. The molecule has 2 aromatic rings. The van der Waals surface area contributed by atoms with Gasteiger partial charge in [-0.2, -0.15) is 16.7 Å². The molecule has 5 N–H and O–H groups in total. The number of nitrogen functional groups attached to an aromatic ring is 1. The second kappa shape index (κ2) is 11.1. The van der Waals surface area contributed by atoms with Gasteiger partial charge in [0.15, 0.2) is 11.6 Å². The van der Waals surface area contributed by atoms with Crippen LogP contribution in [0.25, 0.3) is 0 Å². The maximum Gasteiger partial charge on any atom is 0.224 e. The topological polar surface area (TPSA) is 123 Å². The normalized spacial score (nSPS) is 27.4. The molecule has 2 heterocycles. The molecule has 1 aliphatic heterocycles. The van der Waals surface area contributed by atoms with Crippen LogP contribution in [0.1, 0.15) is 12.8 Å². The summed E-state index contributed by atoms with van der Waals surface area (Å²) in [5.41, 5.74) is 13.6. The van der Waals surface area contributed by atoms with E-state index in [1.165, 1.54) is 0 Å². The monoisotopic (exact) mass is 549 g/mol. The molecule has 5 rings (SSSR count). The Kier molecular flexibility index (Phi) is 7.83. The lowest BCUT2D eigenvalue weighted by atomic mass is 9.83. The molecule has 2 saturated carbocycles. The number of halogens is 2. The summed E-state index contributed by atoms with van der Waals surface area (Å²) >= 11 is 7.70. The molecule has 0 unspecified atom stereocenters. The van der Waals surface area contributed by atoms with E-state index in [9.17, 15) is 9.18 Å². The Labute approximate surface area is 225 Å². The first-order valence-electron chi connectivity index (χ1n) is 12.6. The fraction of sp³-hybridized carbons (Fsp3) is 0.560. The molecule has 37 heavy (non-hydrogen) atoms. The number of piperazine rings is 1. The van der Waals surface area contributed by atoms with Gasteiger partial charge in [-0.3, -0.25) is 4.79 Å². The number of nitrogens with two attached hydrogens (primary N) is 2. The molecule has 1 aromatic carbocycles. The molecule has 3 fully saturated rings. The molecule has 5 atom stereocenters. The van der Waals surface area contributed by atoms with Gasteiger partial charge >= 0.3 is 0 Å². The summed E-state index contributed by atoms with van der Waals surface area (Å²) in [4.78, 5) is 24.6. The number of nitrogens with zero attached hydrogens (tertiary/aromatic N) is 4. The first-order valence-corrected chi connectivity index (χ1v) is 14.0. The van der Waals surface area contributed by atoms with Crippen LogP contribution in [0, 0.1) is 23.6 Å². The number of nitrogens with one attached hydrogen (secondary N) is 1. The Balaban J connectivity index is 1.20. The van der Waals surface area contributed by atoms with E-state index in [-0.39, 0.29) is 40.8 Å². The van der Waals surface area contributed by atoms with E-state index in [1.807, 2.05) is 30.0 Å². The lowest BCUT2D eigenvalue weighted by Crippen LogP contribution is -2.46. The molecule has 1 amide bonds. The van der Waals surface area contributed by atoms with Gasteiger partial charge in [-0.15, -0.1) is 0 Å². The SMILES string of the molecule is CN1CCN(c2ccc(N)cc2OCCS[C@@H]2C[C@H]3C[C@H]2[C@@H](Nc2nc(Cl)ncc2F)[C@H]3C(N)=O)CC1. The first-order chi connectivity index (χ1) is 17.8. The highest BCUT2D eigenvalue weighted by Gasteiger charge is 2.55. The molecule has 1 aromatic heterocycles. The van der Waals surface area contributed by atoms with Gasteiger partial charge in [0.25, 0.3) is 0 Å². The summed E-state index contributed by atoms with van der Waals surface area (Å²) in [6.07, 6.45) is 2.80. The van der Waals surface area contributed by atoms with Crippen LogP contribution in [0.5, 0.6) is 5.75 Å². The highest BCUT2D eigenvalue weighted by molar-refractivity contribution is 7.99. The molecule has 200 valence electrons. The van der Waals surface area contributed by atoms with Crippen LogP contribution in [-0.2, 0) is 4.79 Å². The van der Waals surface area contributed by atoms with Gasteiger partial charge in [0.1, 0.15) is 5.75 Å². The molecule has 2 aliphatic carbocycles. The number of hydrogen-bond acceptors (Lipinski definition) is 9. The molecular weight excluding hydrogens is 517 g/mol. The summed E-state index contributed by atoms with van der Waals surface area (Å²) in [6.45, 7) is 4.46. The minimum absolute atomic E-state index is 0.00832. The molecule has 1 saturated heterocycles. The number of carbonyl (C=O) groups excluding carboxylic acids is 1. The fourth-order valence-corrected chi connectivity index (χ4v) is 7.54. The van der Waals surface area contributed by atoms with Crippen molar-refractivity contribution in [3.8, 4) is 5.75 Å². The molecule has 3 aliphatic rings.